The number of nitrogens with one attached hydrogen (secondary N) is 2. The number of amides is 2. The van der Waals surface area contributed by atoms with Gasteiger partial charge in [0.25, 0.3) is 0 Å². The predicted molar refractivity (Wildman–Crippen MR) is 71.4 cm³/mol. The zero-order valence-electron chi connectivity index (χ0n) is 11.2. The van der Waals surface area contributed by atoms with Crippen LogP contribution in [-0.2, 0) is 9.59 Å². The van der Waals surface area contributed by atoms with Crippen molar-refractivity contribution in [2.45, 2.75) is 44.6 Å². The first kappa shape index (κ1) is 16.0. The number of aliphatic carboxylic acids is 2. The molecule has 0 aromatic carbocycles. The van der Waals surface area contributed by atoms with Crippen molar-refractivity contribution in [3.05, 3.63) is 11.6 Å². The molecular weight excluding hydrogens is 264 g/mol. The largest absolute Gasteiger partial charge is 0.481 e. The maximum absolute atomic E-state index is 11.5. The fraction of sp³-hybridized carbons (Fsp3) is 0.615. The van der Waals surface area contributed by atoms with Crippen LogP contribution in [0, 0.1) is 0 Å². The number of hydrogen-bond donors (Lipinski definition) is 4. The van der Waals surface area contributed by atoms with Crippen molar-refractivity contribution >= 4 is 18.0 Å². The molecule has 0 aliphatic heterocycles. The number of carbonyl (C=O) groups excluding carboxylic acids is 1. The Balaban J connectivity index is 2.26. The van der Waals surface area contributed by atoms with Crippen molar-refractivity contribution in [1.82, 2.24) is 10.6 Å². The topological polar surface area (TPSA) is 116 Å². The molecule has 0 heterocycles. The van der Waals surface area contributed by atoms with Crippen molar-refractivity contribution < 1.29 is 24.6 Å². The molecule has 0 aromatic heterocycles. The summed E-state index contributed by atoms with van der Waals surface area (Å²) in [6, 6.07) is -1.77. The molecule has 7 heteroatoms. The van der Waals surface area contributed by atoms with Crippen LogP contribution in [0.4, 0.5) is 4.79 Å². The lowest BCUT2D eigenvalue weighted by Crippen LogP contribution is -2.46. The third-order valence-corrected chi connectivity index (χ3v) is 3.12. The van der Waals surface area contributed by atoms with E-state index in [9.17, 15) is 14.4 Å². The Morgan fingerprint density at radius 1 is 1.30 bits per heavy atom. The lowest BCUT2D eigenvalue weighted by atomic mass is 10.1. The second kappa shape index (κ2) is 8.19. The lowest BCUT2D eigenvalue weighted by Gasteiger charge is -2.14. The molecule has 0 aromatic rings. The van der Waals surface area contributed by atoms with Gasteiger partial charge in [-0.15, -0.1) is 0 Å². The highest BCUT2D eigenvalue weighted by atomic mass is 16.4. The number of allylic oxidation sites excluding steroid dienone is 1. The summed E-state index contributed by atoms with van der Waals surface area (Å²) in [7, 11) is 0. The number of urea groups is 1. The summed E-state index contributed by atoms with van der Waals surface area (Å²) < 4.78 is 0. The summed E-state index contributed by atoms with van der Waals surface area (Å²) in [6.07, 6.45) is 5.77. The Morgan fingerprint density at radius 2 is 2.05 bits per heavy atom. The molecular formula is C13H20N2O5. The fourth-order valence-electron chi connectivity index (χ4n) is 2.04. The molecule has 0 saturated heterocycles. The molecule has 0 bridgehead atoms. The van der Waals surface area contributed by atoms with E-state index < -0.39 is 24.0 Å². The van der Waals surface area contributed by atoms with E-state index in [-0.39, 0.29) is 12.8 Å². The molecule has 1 aliphatic rings. The molecule has 2 amide bonds. The van der Waals surface area contributed by atoms with Crippen LogP contribution in [0.3, 0.4) is 0 Å². The first-order valence-corrected chi connectivity index (χ1v) is 6.66. The van der Waals surface area contributed by atoms with Crippen LogP contribution < -0.4 is 10.6 Å². The van der Waals surface area contributed by atoms with Gasteiger partial charge in [0.15, 0.2) is 0 Å². The molecule has 112 valence electrons. The highest BCUT2D eigenvalue weighted by Gasteiger charge is 2.20. The van der Waals surface area contributed by atoms with Gasteiger partial charge in [0.1, 0.15) is 6.04 Å². The number of carboxylic acid groups (broad SMARTS) is 2. The number of hydrogen-bond acceptors (Lipinski definition) is 3. The van der Waals surface area contributed by atoms with E-state index in [1.54, 1.807) is 0 Å². The van der Waals surface area contributed by atoms with Crippen molar-refractivity contribution in [1.29, 1.82) is 0 Å². The molecule has 1 unspecified atom stereocenters. The van der Waals surface area contributed by atoms with Crippen molar-refractivity contribution in [2.75, 3.05) is 6.54 Å². The van der Waals surface area contributed by atoms with E-state index in [4.69, 9.17) is 10.2 Å². The van der Waals surface area contributed by atoms with Gasteiger partial charge in [-0.05, 0) is 32.1 Å². The van der Waals surface area contributed by atoms with E-state index in [0.29, 0.717) is 6.54 Å². The summed E-state index contributed by atoms with van der Waals surface area (Å²) >= 11 is 0. The highest BCUT2D eigenvalue weighted by Crippen LogP contribution is 2.19. The Kier molecular flexibility index (Phi) is 6.55. The van der Waals surface area contributed by atoms with Crippen LogP contribution in [-0.4, -0.2) is 40.8 Å². The molecule has 0 saturated carbocycles. The molecule has 7 nitrogen and oxygen atoms in total. The lowest BCUT2D eigenvalue weighted by molar-refractivity contribution is -0.140. The summed E-state index contributed by atoms with van der Waals surface area (Å²) in [5.74, 6) is -2.33. The zero-order valence-corrected chi connectivity index (χ0v) is 11.2. The molecule has 20 heavy (non-hydrogen) atoms. The molecule has 0 fully saturated rings. The van der Waals surface area contributed by atoms with Gasteiger partial charge in [-0.1, -0.05) is 11.6 Å². The van der Waals surface area contributed by atoms with Gasteiger partial charge in [0.05, 0.1) is 0 Å². The molecule has 1 rings (SSSR count). The van der Waals surface area contributed by atoms with Crippen LogP contribution in [0.25, 0.3) is 0 Å². The van der Waals surface area contributed by atoms with Gasteiger partial charge in [0.2, 0.25) is 0 Å². The van der Waals surface area contributed by atoms with Crippen LogP contribution in [0.1, 0.15) is 38.5 Å². The summed E-state index contributed by atoms with van der Waals surface area (Å²) in [4.78, 5) is 32.8. The van der Waals surface area contributed by atoms with Crippen molar-refractivity contribution in [3.63, 3.8) is 0 Å². The third kappa shape index (κ3) is 6.21. The standard InChI is InChI=1S/C13H20N2O5/c16-11(17)6-5-10(12(18)19)15-13(20)14-8-7-9-3-1-2-4-9/h3,10H,1-2,4-8H2,(H,16,17)(H,18,19)(H2,14,15,20). The summed E-state index contributed by atoms with van der Waals surface area (Å²) in [5, 5.41) is 22.2. The fourth-order valence-corrected chi connectivity index (χ4v) is 2.04. The minimum absolute atomic E-state index is 0.136. The normalized spacial score (nSPS) is 15.3. The molecule has 0 spiro atoms. The Hall–Kier alpha value is -2.05. The SMILES string of the molecule is O=C(O)CCC(NC(=O)NCCC1=CCCC1)C(=O)O. The Bertz CT molecular complexity index is 406. The maximum Gasteiger partial charge on any atom is 0.326 e. The molecule has 4 N–H and O–H groups in total. The van der Waals surface area contributed by atoms with Crippen LogP contribution in [0.2, 0.25) is 0 Å². The van der Waals surface area contributed by atoms with E-state index in [0.717, 1.165) is 25.7 Å². The van der Waals surface area contributed by atoms with Gasteiger partial charge < -0.3 is 20.8 Å². The minimum Gasteiger partial charge on any atom is -0.481 e. The van der Waals surface area contributed by atoms with Crippen molar-refractivity contribution in [2.24, 2.45) is 0 Å². The van der Waals surface area contributed by atoms with E-state index >= 15 is 0 Å². The average molecular weight is 284 g/mol. The Morgan fingerprint density at radius 3 is 2.60 bits per heavy atom. The van der Waals surface area contributed by atoms with Crippen LogP contribution in [0.5, 0.6) is 0 Å². The second-order valence-corrected chi connectivity index (χ2v) is 4.73. The summed E-state index contributed by atoms with van der Waals surface area (Å²) in [5.41, 5.74) is 1.31. The van der Waals surface area contributed by atoms with E-state index in [1.165, 1.54) is 5.57 Å². The van der Waals surface area contributed by atoms with Gasteiger partial charge in [-0.25, -0.2) is 9.59 Å². The van der Waals surface area contributed by atoms with Gasteiger partial charge >= 0.3 is 18.0 Å². The Labute approximate surface area is 117 Å². The first-order valence-electron chi connectivity index (χ1n) is 6.66. The monoisotopic (exact) mass is 284 g/mol. The number of rotatable bonds is 8. The van der Waals surface area contributed by atoms with Crippen LogP contribution in [0.15, 0.2) is 11.6 Å². The molecule has 1 atom stereocenters. The smallest absolute Gasteiger partial charge is 0.326 e. The second-order valence-electron chi connectivity index (χ2n) is 4.73. The third-order valence-electron chi connectivity index (χ3n) is 3.12. The molecule has 0 radical (unpaired) electrons. The van der Waals surface area contributed by atoms with Crippen molar-refractivity contribution in [3.8, 4) is 0 Å². The minimum atomic E-state index is -1.24. The quantitative estimate of drug-likeness (QED) is 0.498. The van der Waals surface area contributed by atoms with E-state index in [1.807, 2.05) is 0 Å². The first-order chi connectivity index (χ1) is 9.49. The van der Waals surface area contributed by atoms with Gasteiger partial charge in [-0.3, -0.25) is 4.79 Å². The zero-order chi connectivity index (χ0) is 15.0. The highest BCUT2D eigenvalue weighted by molar-refractivity contribution is 5.82. The van der Waals surface area contributed by atoms with Gasteiger partial charge in [0, 0.05) is 13.0 Å². The molecule has 1 aliphatic carbocycles. The van der Waals surface area contributed by atoms with Crippen LogP contribution >= 0.6 is 0 Å². The number of carbonyl (C=O) groups is 3. The van der Waals surface area contributed by atoms with Gasteiger partial charge in [-0.2, -0.15) is 0 Å². The predicted octanol–water partition coefficient (Wildman–Crippen LogP) is 1.10. The maximum atomic E-state index is 11.5. The van der Waals surface area contributed by atoms with E-state index in [2.05, 4.69) is 16.7 Å². The average Bonchev–Trinajstić information content (AvgIpc) is 2.87. The summed E-state index contributed by atoms with van der Waals surface area (Å²) in [6.45, 7) is 0.447. The number of carboxylic acids is 2.